The van der Waals surface area contributed by atoms with Crippen LogP contribution in [0.1, 0.15) is 19.4 Å². The van der Waals surface area contributed by atoms with Crippen LogP contribution in [0, 0.1) is 17.3 Å². The number of carbonyl (C=O) groups excluding carboxylic acids is 1. The fourth-order valence-electron chi connectivity index (χ4n) is 2.79. The van der Waals surface area contributed by atoms with Crippen LogP contribution in [0.5, 0.6) is 0 Å². The predicted molar refractivity (Wildman–Crippen MR) is 76.2 cm³/mol. The lowest BCUT2D eigenvalue weighted by molar-refractivity contribution is -0.140. The number of aliphatic carboxylic acids is 1. The summed E-state index contributed by atoms with van der Waals surface area (Å²) in [6, 6.07) is 7.51. The molecule has 108 valence electrons. The first-order valence-electron chi connectivity index (χ1n) is 6.65. The molecular formula is C15H20N2O3. The molecule has 0 aromatic heterocycles. The van der Waals surface area contributed by atoms with Gasteiger partial charge in [0.1, 0.15) is 0 Å². The Kier molecular flexibility index (Phi) is 3.81. The summed E-state index contributed by atoms with van der Waals surface area (Å²) in [7, 11) is 1.84. The number of nitrogens with one attached hydrogen (secondary N) is 2. The van der Waals surface area contributed by atoms with Gasteiger partial charge in [-0.3, -0.25) is 9.59 Å². The molecule has 2 rings (SSSR count). The van der Waals surface area contributed by atoms with E-state index >= 15 is 0 Å². The Morgan fingerprint density at radius 2 is 1.90 bits per heavy atom. The fourth-order valence-corrected chi connectivity index (χ4v) is 2.79. The number of benzene rings is 1. The van der Waals surface area contributed by atoms with E-state index in [4.69, 9.17) is 5.11 Å². The van der Waals surface area contributed by atoms with Crippen LogP contribution < -0.4 is 10.6 Å². The Bertz CT molecular complexity index is 540. The van der Waals surface area contributed by atoms with E-state index in [0.717, 1.165) is 11.3 Å². The second-order valence-corrected chi connectivity index (χ2v) is 5.79. The monoisotopic (exact) mass is 276 g/mol. The largest absolute Gasteiger partial charge is 0.481 e. The predicted octanol–water partition coefficient (Wildman–Crippen LogP) is 1.70. The lowest BCUT2D eigenvalue weighted by atomic mass is 10.1. The molecule has 0 saturated heterocycles. The Morgan fingerprint density at radius 1 is 1.25 bits per heavy atom. The maximum atomic E-state index is 12.3. The highest BCUT2D eigenvalue weighted by atomic mass is 16.4. The first-order chi connectivity index (χ1) is 9.39. The standard InChI is InChI=1S/C15H20N2O3/c1-15(2)11(12(15)14(19)20)13(18)17-10-7-5-4-6-9(10)8-16-3/h4-7,11-12,16H,8H2,1-3H3,(H,17,18)(H,19,20)/t11-,12+/m1/s1. The summed E-state index contributed by atoms with van der Waals surface area (Å²) in [6.45, 7) is 4.28. The molecule has 1 aliphatic carbocycles. The van der Waals surface area contributed by atoms with Gasteiger partial charge in [0, 0.05) is 12.2 Å². The third kappa shape index (κ3) is 2.54. The molecule has 2 atom stereocenters. The Balaban J connectivity index is 2.12. The molecule has 1 aliphatic rings. The lowest BCUT2D eigenvalue weighted by Gasteiger charge is -2.11. The first-order valence-corrected chi connectivity index (χ1v) is 6.65. The van der Waals surface area contributed by atoms with E-state index < -0.39 is 23.2 Å². The lowest BCUT2D eigenvalue weighted by Crippen LogP contribution is -2.19. The smallest absolute Gasteiger partial charge is 0.307 e. The Hall–Kier alpha value is -1.88. The number of carbonyl (C=O) groups is 2. The van der Waals surface area contributed by atoms with Crippen molar-refractivity contribution in [3.63, 3.8) is 0 Å². The molecule has 0 bridgehead atoms. The maximum Gasteiger partial charge on any atom is 0.307 e. The molecule has 1 aromatic rings. The normalized spacial score (nSPS) is 23.1. The van der Waals surface area contributed by atoms with Crippen LogP contribution in [0.25, 0.3) is 0 Å². The van der Waals surface area contributed by atoms with Crippen LogP contribution in [0.15, 0.2) is 24.3 Å². The van der Waals surface area contributed by atoms with E-state index in [1.165, 1.54) is 0 Å². The molecule has 5 nitrogen and oxygen atoms in total. The van der Waals surface area contributed by atoms with Gasteiger partial charge in [-0.1, -0.05) is 32.0 Å². The summed E-state index contributed by atoms with van der Waals surface area (Å²) in [5.41, 5.74) is 1.24. The van der Waals surface area contributed by atoms with Crippen molar-refractivity contribution in [2.75, 3.05) is 12.4 Å². The van der Waals surface area contributed by atoms with Crippen molar-refractivity contribution in [3.05, 3.63) is 29.8 Å². The summed E-state index contributed by atoms with van der Waals surface area (Å²) in [4.78, 5) is 23.4. The van der Waals surface area contributed by atoms with Gasteiger partial charge in [-0.15, -0.1) is 0 Å². The van der Waals surface area contributed by atoms with E-state index in [2.05, 4.69) is 10.6 Å². The van der Waals surface area contributed by atoms with E-state index in [1.807, 2.05) is 45.2 Å². The van der Waals surface area contributed by atoms with Gasteiger partial charge in [0.05, 0.1) is 11.8 Å². The zero-order valence-corrected chi connectivity index (χ0v) is 11.9. The summed E-state index contributed by atoms with van der Waals surface area (Å²) in [5, 5.41) is 15.0. The van der Waals surface area contributed by atoms with Crippen molar-refractivity contribution in [2.24, 2.45) is 17.3 Å². The fraction of sp³-hybridized carbons (Fsp3) is 0.467. The molecule has 1 fully saturated rings. The first kappa shape index (κ1) is 14.5. The number of anilines is 1. The van der Waals surface area contributed by atoms with Gasteiger partial charge >= 0.3 is 5.97 Å². The number of carboxylic acid groups (broad SMARTS) is 1. The molecule has 20 heavy (non-hydrogen) atoms. The quantitative estimate of drug-likeness (QED) is 0.765. The van der Waals surface area contributed by atoms with Crippen molar-refractivity contribution >= 4 is 17.6 Å². The van der Waals surface area contributed by atoms with Crippen molar-refractivity contribution in [1.82, 2.24) is 5.32 Å². The van der Waals surface area contributed by atoms with Crippen molar-refractivity contribution in [1.29, 1.82) is 0 Å². The summed E-state index contributed by atoms with van der Waals surface area (Å²) >= 11 is 0. The van der Waals surface area contributed by atoms with Crippen molar-refractivity contribution in [3.8, 4) is 0 Å². The van der Waals surface area contributed by atoms with Crippen LogP contribution >= 0.6 is 0 Å². The van der Waals surface area contributed by atoms with Gasteiger partial charge in [0.2, 0.25) is 5.91 Å². The van der Waals surface area contributed by atoms with Crippen LogP contribution in [-0.4, -0.2) is 24.0 Å². The zero-order valence-electron chi connectivity index (χ0n) is 11.9. The number of hydrogen-bond acceptors (Lipinski definition) is 3. The molecule has 1 saturated carbocycles. The van der Waals surface area contributed by atoms with Crippen LogP contribution in [0.2, 0.25) is 0 Å². The number of rotatable bonds is 5. The number of para-hydroxylation sites is 1. The molecular weight excluding hydrogens is 256 g/mol. The van der Waals surface area contributed by atoms with Crippen LogP contribution in [-0.2, 0) is 16.1 Å². The van der Waals surface area contributed by atoms with Crippen LogP contribution in [0.3, 0.4) is 0 Å². The molecule has 3 N–H and O–H groups in total. The Labute approximate surface area is 118 Å². The SMILES string of the molecule is CNCc1ccccc1NC(=O)[C@H]1[C@@H](C(=O)O)C1(C)C. The minimum Gasteiger partial charge on any atom is -0.481 e. The molecule has 0 heterocycles. The van der Waals surface area contributed by atoms with Crippen molar-refractivity contribution < 1.29 is 14.7 Å². The minimum atomic E-state index is -0.904. The molecule has 0 unspecified atom stereocenters. The minimum absolute atomic E-state index is 0.217. The highest BCUT2D eigenvalue weighted by molar-refractivity contribution is 6.00. The van der Waals surface area contributed by atoms with E-state index in [-0.39, 0.29) is 5.91 Å². The average Bonchev–Trinajstić information content (AvgIpc) is 2.95. The molecule has 5 heteroatoms. The third-order valence-corrected chi connectivity index (χ3v) is 4.02. The second-order valence-electron chi connectivity index (χ2n) is 5.79. The van der Waals surface area contributed by atoms with Crippen molar-refractivity contribution in [2.45, 2.75) is 20.4 Å². The maximum absolute atomic E-state index is 12.3. The van der Waals surface area contributed by atoms with Gasteiger partial charge in [-0.2, -0.15) is 0 Å². The second kappa shape index (κ2) is 5.25. The average molecular weight is 276 g/mol. The number of hydrogen-bond donors (Lipinski definition) is 3. The van der Waals surface area contributed by atoms with E-state index in [0.29, 0.717) is 6.54 Å². The molecule has 1 aromatic carbocycles. The number of carboxylic acids is 1. The summed E-state index contributed by atoms with van der Waals surface area (Å²) in [6.07, 6.45) is 0. The third-order valence-electron chi connectivity index (χ3n) is 4.02. The topological polar surface area (TPSA) is 78.4 Å². The zero-order chi connectivity index (χ0) is 14.9. The Morgan fingerprint density at radius 3 is 2.45 bits per heavy atom. The number of amides is 1. The molecule has 0 aliphatic heterocycles. The molecule has 0 radical (unpaired) electrons. The molecule has 0 spiro atoms. The highest BCUT2D eigenvalue weighted by Gasteiger charge is 2.65. The highest BCUT2D eigenvalue weighted by Crippen LogP contribution is 2.58. The summed E-state index contributed by atoms with van der Waals surface area (Å²) in [5.74, 6) is -2.19. The summed E-state index contributed by atoms with van der Waals surface area (Å²) < 4.78 is 0. The van der Waals surface area contributed by atoms with E-state index in [9.17, 15) is 9.59 Å². The van der Waals surface area contributed by atoms with Gasteiger partial charge in [-0.05, 0) is 24.1 Å². The van der Waals surface area contributed by atoms with Gasteiger partial charge in [0.25, 0.3) is 0 Å². The van der Waals surface area contributed by atoms with Gasteiger partial charge < -0.3 is 15.7 Å². The van der Waals surface area contributed by atoms with Gasteiger partial charge in [-0.25, -0.2) is 0 Å². The molecule has 1 amide bonds. The van der Waals surface area contributed by atoms with Gasteiger partial charge in [0.15, 0.2) is 0 Å². The van der Waals surface area contributed by atoms with Crippen LogP contribution in [0.4, 0.5) is 5.69 Å². The van der Waals surface area contributed by atoms with E-state index in [1.54, 1.807) is 0 Å².